The number of hydrogen-bond acceptors (Lipinski definition) is 3. The highest BCUT2D eigenvalue weighted by molar-refractivity contribution is 9.11. The standard InChI is InChI=1S/C15H15BrO2S/c1-9-4-5-10(2)15(11(9)3)18-8-12(17)13-6-7-14(16)19-13/h4-7H,8H2,1-3H3. The first-order valence-electron chi connectivity index (χ1n) is 5.97. The van der Waals surface area contributed by atoms with Gasteiger partial charge >= 0.3 is 0 Å². The van der Waals surface area contributed by atoms with Crippen molar-refractivity contribution in [3.05, 3.63) is 49.6 Å². The molecule has 0 bridgehead atoms. The van der Waals surface area contributed by atoms with Crippen LogP contribution in [0.4, 0.5) is 0 Å². The summed E-state index contributed by atoms with van der Waals surface area (Å²) in [5.74, 6) is 0.833. The zero-order valence-corrected chi connectivity index (χ0v) is 13.5. The minimum absolute atomic E-state index is 0.0102. The van der Waals surface area contributed by atoms with Crippen LogP contribution in [-0.2, 0) is 0 Å². The number of ketones is 1. The molecule has 1 heterocycles. The Morgan fingerprint density at radius 2 is 1.84 bits per heavy atom. The van der Waals surface area contributed by atoms with Gasteiger partial charge in [0, 0.05) is 0 Å². The maximum Gasteiger partial charge on any atom is 0.210 e. The Morgan fingerprint density at radius 1 is 1.16 bits per heavy atom. The summed E-state index contributed by atoms with van der Waals surface area (Å²) in [6, 6.07) is 7.77. The maximum atomic E-state index is 12.0. The van der Waals surface area contributed by atoms with E-state index in [-0.39, 0.29) is 12.4 Å². The lowest BCUT2D eigenvalue weighted by molar-refractivity contribution is 0.0924. The predicted octanol–water partition coefficient (Wildman–Crippen LogP) is 4.70. The van der Waals surface area contributed by atoms with Crippen LogP contribution in [0.3, 0.4) is 0 Å². The van der Waals surface area contributed by atoms with E-state index in [0.717, 1.165) is 25.5 Å². The van der Waals surface area contributed by atoms with Gasteiger partial charge in [0.05, 0.1) is 8.66 Å². The van der Waals surface area contributed by atoms with Crippen LogP contribution in [0.5, 0.6) is 5.75 Å². The highest BCUT2D eigenvalue weighted by Gasteiger charge is 2.12. The number of carbonyl (C=O) groups excluding carboxylic acids is 1. The molecule has 0 amide bonds. The van der Waals surface area contributed by atoms with Gasteiger partial charge in [-0.3, -0.25) is 4.79 Å². The van der Waals surface area contributed by atoms with Crippen molar-refractivity contribution in [3.63, 3.8) is 0 Å². The summed E-state index contributed by atoms with van der Waals surface area (Å²) in [4.78, 5) is 12.7. The second kappa shape index (κ2) is 5.88. The van der Waals surface area contributed by atoms with Crippen LogP contribution in [0.2, 0.25) is 0 Å². The number of benzene rings is 1. The Morgan fingerprint density at radius 3 is 2.47 bits per heavy atom. The average Bonchev–Trinajstić information content (AvgIpc) is 2.80. The number of aryl methyl sites for hydroxylation is 2. The Balaban J connectivity index is 2.11. The third-order valence-electron chi connectivity index (χ3n) is 3.07. The first kappa shape index (κ1) is 14.3. The summed E-state index contributed by atoms with van der Waals surface area (Å²) in [6.45, 7) is 6.13. The third-order valence-corrected chi connectivity index (χ3v) is 4.73. The summed E-state index contributed by atoms with van der Waals surface area (Å²) >= 11 is 4.78. The fraction of sp³-hybridized carbons (Fsp3) is 0.267. The third kappa shape index (κ3) is 3.25. The minimum Gasteiger partial charge on any atom is -0.485 e. The quantitative estimate of drug-likeness (QED) is 0.755. The monoisotopic (exact) mass is 338 g/mol. The molecule has 0 aliphatic rings. The molecular formula is C15H15BrO2S. The van der Waals surface area contributed by atoms with Crippen molar-refractivity contribution in [3.8, 4) is 5.75 Å². The van der Waals surface area contributed by atoms with E-state index in [0.29, 0.717) is 0 Å². The van der Waals surface area contributed by atoms with Gasteiger partial charge in [-0.1, -0.05) is 12.1 Å². The van der Waals surface area contributed by atoms with Gasteiger partial charge in [-0.25, -0.2) is 0 Å². The smallest absolute Gasteiger partial charge is 0.210 e. The lowest BCUT2D eigenvalue weighted by atomic mass is 10.1. The molecule has 0 fully saturated rings. The van der Waals surface area contributed by atoms with E-state index in [1.54, 1.807) is 0 Å². The van der Waals surface area contributed by atoms with Crippen molar-refractivity contribution < 1.29 is 9.53 Å². The molecule has 19 heavy (non-hydrogen) atoms. The molecule has 2 rings (SSSR count). The Bertz CT molecular complexity index is 617. The zero-order valence-electron chi connectivity index (χ0n) is 11.1. The molecule has 100 valence electrons. The molecule has 4 heteroatoms. The van der Waals surface area contributed by atoms with E-state index in [1.807, 2.05) is 39.0 Å². The van der Waals surface area contributed by atoms with E-state index in [1.165, 1.54) is 16.9 Å². The van der Waals surface area contributed by atoms with Crippen LogP contribution >= 0.6 is 27.3 Å². The van der Waals surface area contributed by atoms with Crippen LogP contribution in [-0.4, -0.2) is 12.4 Å². The largest absolute Gasteiger partial charge is 0.485 e. The Hall–Kier alpha value is -1.13. The summed E-state index contributed by atoms with van der Waals surface area (Å²) < 4.78 is 6.67. The molecule has 0 aliphatic carbocycles. The topological polar surface area (TPSA) is 26.3 Å². The number of Topliss-reactive ketones (excluding diaryl/α,β-unsaturated/α-hetero) is 1. The molecule has 0 unspecified atom stereocenters. The zero-order chi connectivity index (χ0) is 14.0. The molecule has 2 aromatic rings. The molecule has 0 spiro atoms. The van der Waals surface area contributed by atoms with Gasteiger partial charge in [0.2, 0.25) is 5.78 Å². The highest BCUT2D eigenvalue weighted by Crippen LogP contribution is 2.27. The fourth-order valence-electron chi connectivity index (χ4n) is 1.82. The number of rotatable bonds is 4. The first-order valence-corrected chi connectivity index (χ1v) is 7.58. The van der Waals surface area contributed by atoms with Crippen molar-refractivity contribution in [1.29, 1.82) is 0 Å². The van der Waals surface area contributed by atoms with Crippen molar-refractivity contribution in [2.75, 3.05) is 6.61 Å². The first-order chi connectivity index (χ1) is 8.99. The molecular weight excluding hydrogens is 324 g/mol. The average molecular weight is 339 g/mol. The van der Waals surface area contributed by atoms with E-state index in [4.69, 9.17) is 4.74 Å². The summed E-state index contributed by atoms with van der Waals surface area (Å²) in [6.07, 6.45) is 0. The molecule has 0 N–H and O–H groups in total. The van der Waals surface area contributed by atoms with Gasteiger partial charge in [0.1, 0.15) is 5.75 Å². The van der Waals surface area contributed by atoms with Crippen molar-refractivity contribution >= 4 is 33.0 Å². The van der Waals surface area contributed by atoms with Gasteiger partial charge in [-0.05, 0) is 65.5 Å². The molecule has 0 radical (unpaired) electrons. The Labute approximate surface area is 125 Å². The maximum absolute atomic E-state index is 12.0. The lowest BCUT2D eigenvalue weighted by Gasteiger charge is -2.13. The molecule has 0 aliphatic heterocycles. The number of halogens is 1. The van der Waals surface area contributed by atoms with E-state index in [9.17, 15) is 4.79 Å². The normalized spacial score (nSPS) is 10.5. The lowest BCUT2D eigenvalue weighted by Crippen LogP contribution is -2.11. The van der Waals surface area contributed by atoms with Crippen molar-refractivity contribution in [2.24, 2.45) is 0 Å². The molecule has 1 aromatic carbocycles. The minimum atomic E-state index is 0.0102. The number of carbonyl (C=O) groups is 1. The van der Waals surface area contributed by atoms with Crippen molar-refractivity contribution in [2.45, 2.75) is 20.8 Å². The SMILES string of the molecule is Cc1ccc(C)c(OCC(=O)c2ccc(Br)s2)c1C. The van der Waals surface area contributed by atoms with Crippen LogP contribution in [0.25, 0.3) is 0 Å². The van der Waals surface area contributed by atoms with E-state index >= 15 is 0 Å². The van der Waals surface area contributed by atoms with Crippen LogP contribution < -0.4 is 4.74 Å². The van der Waals surface area contributed by atoms with E-state index in [2.05, 4.69) is 22.0 Å². The van der Waals surface area contributed by atoms with Crippen LogP contribution in [0.15, 0.2) is 28.1 Å². The van der Waals surface area contributed by atoms with Gasteiger partial charge in [-0.15, -0.1) is 11.3 Å². The summed E-state index contributed by atoms with van der Waals surface area (Å²) in [5.41, 5.74) is 3.33. The number of ether oxygens (including phenoxy) is 1. The number of thiophene rings is 1. The second-order valence-corrected chi connectivity index (χ2v) is 6.93. The van der Waals surface area contributed by atoms with Gasteiger partial charge < -0.3 is 4.74 Å². The van der Waals surface area contributed by atoms with Crippen molar-refractivity contribution in [1.82, 2.24) is 0 Å². The fourth-order valence-corrected chi connectivity index (χ4v) is 3.13. The van der Waals surface area contributed by atoms with Gasteiger partial charge in [-0.2, -0.15) is 0 Å². The predicted molar refractivity (Wildman–Crippen MR) is 82.5 cm³/mol. The molecule has 0 atom stereocenters. The van der Waals surface area contributed by atoms with Gasteiger partial charge in [0.25, 0.3) is 0 Å². The van der Waals surface area contributed by atoms with E-state index < -0.39 is 0 Å². The summed E-state index contributed by atoms with van der Waals surface area (Å²) in [5, 5.41) is 0. The van der Waals surface area contributed by atoms with Crippen LogP contribution in [0.1, 0.15) is 26.4 Å². The summed E-state index contributed by atoms with van der Waals surface area (Å²) in [7, 11) is 0. The second-order valence-electron chi connectivity index (χ2n) is 4.47. The van der Waals surface area contributed by atoms with Gasteiger partial charge in [0.15, 0.2) is 6.61 Å². The molecule has 2 nitrogen and oxygen atoms in total. The molecule has 0 saturated carbocycles. The Kier molecular flexibility index (Phi) is 4.42. The number of hydrogen-bond donors (Lipinski definition) is 0. The van der Waals surface area contributed by atoms with Crippen LogP contribution in [0, 0.1) is 20.8 Å². The highest BCUT2D eigenvalue weighted by atomic mass is 79.9. The molecule has 1 aromatic heterocycles. The molecule has 0 saturated heterocycles.